The number of aryl methyl sites for hydroxylation is 2. The molecule has 0 aliphatic rings. The van der Waals surface area contributed by atoms with Crippen LogP contribution in [0.4, 0.5) is 0 Å². The van der Waals surface area contributed by atoms with E-state index in [0.717, 1.165) is 0 Å². The highest BCUT2D eigenvalue weighted by Crippen LogP contribution is 2.49. The maximum Gasteiger partial charge on any atom is 0.0889 e. The summed E-state index contributed by atoms with van der Waals surface area (Å²) in [5.41, 5.74) is 0. The van der Waals surface area contributed by atoms with Crippen LogP contribution < -0.4 is 0 Å². The standard InChI is InChI=1S/C26H36S4/c1-3-5-7-9-11-13-15-19-17-21-23-24(29-25(21)27-19)22-18-20(28-26(22)30-23)16-14-12-10-8-6-4-2/h17-18H,3-16H2,1-2H3. The Morgan fingerprint density at radius 3 is 1.33 bits per heavy atom. The highest BCUT2D eigenvalue weighted by molar-refractivity contribution is 7.49. The minimum absolute atomic E-state index is 1.28. The van der Waals surface area contributed by atoms with Gasteiger partial charge in [0, 0.05) is 20.5 Å². The first-order chi connectivity index (χ1) is 14.8. The molecule has 0 unspecified atom stereocenters. The fourth-order valence-electron chi connectivity index (χ4n) is 4.35. The first-order valence-electron chi connectivity index (χ1n) is 12.2. The van der Waals surface area contributed by atoms with Crippen molar-refractivity contribution in [3.05, 3.63) is 21.9 Å². The number of hydrogen-bond donors (Lipinski definition) is 0. The van der Waals surface area contributed by atoms with Crippen molar-refractivity contribution in [3.8, 4) is 0 Å². The summed E-state index contributed by atoms with van der Waals surface area (Å²) in [4.78, 5) is 3.21. The number of hydrogen-bond acceptors (Lipinski definition) is 4. The lowest BCUT2D eigenvalue weighted by molar-refractivity contribution is 0.609. The van der Waals surface area contributed by atoms with E-state index in [2.05, 4.69) is 71.3 Å². The first-order valence-corrected chi connectivity index (χ1v) is 15.4. The fourth-order valence-corrected chi connectivity index (χ4v) is 10.1. The zero-order valence-electron chi connectivity index (χ0n) is 18.7. The second kappa shape index (κ2) is 11.4. The van der Waals surface area contributed by atoms with Crippen molar-refractivity contribution in [2.45, 2.75) is 104 Å². The van der Waals surface area contributed by atoms with Gasteiger partial charge in [-0.05, 0) is 37.8 Å². The Hall–Kier alpha value is -0.420. The third kappa shape index (κ3) is 5.49. The predicted octanol–water partition coefficient (Wildman–Crippen LogP) is 11.2. The molecule has 0 nitrogen and oxygen atoms in total. The van der Waals surface area contributed by atoms with Crippen LogP contribution in [0, 0.1) is 0 Å². The molecule has 0 aromatic carbocycles. The Balaban J connectivity index is 1.36. The van der Waals surface area contributed by atoms with E-state index in [9.17, 15) is 0 Å². The number of rotatable bonds is 14. The van der Waals surface area contributed by atoms with E-state index in [1.807, 2.05) is 0 Å². The van der Waals surface area contributed by atoms with Crippen LogP contribution in [0.5, 0.6) is 0 Å². The maximum absolute atomic E-state index is 2.52. The Labute approximate surface area is 198 Å². The van der Waals surface area contributed by atoms with Crippen LogP contribution in [0.3, 0.4) is 0 Å². The van der Waals surface area contributed by atoms with E-state index in [4.69, 9.17) is 0 Å². The van der Waals surface area contributed by atoms with Gasteiger partial charge in [-0.1, -0.05) is 78.1 Å². The van der Waals surface area contributed by atoms with Crippen molar-refractivity contribution in [1.82, 2.24) is 0 Å². The van der Waals surface area contributed by atoms with E-state index in [1.54, 1.807) is 38.0 Å². The lowest BCUT2D eigenvalue weighted by Crippen LogP contribution is -1.82. The number of unbranched alkanes of at least 4 members (excludes halogenated alkanes) is 10. The van der Waals surface area contributed by atoms with Crippen molar-refractivity contribution in [2.75, 3.05) is 0 Å². The molecule has 0 aliphatic carbocycles. The molecule has 0 spiro atoms. The Morgan fingerprint density at radius 2 is 0.900 bits per heavy atom. The number of thiophene rings is 4. The van der Waals surface area contributed by atoms with Crippen LogP contribution in [-0.2, 0) is 12.8 Å². The van der Waals surface area contributed by atoms with Gasteiger partial charge in [0.25, 0.3) is 0 Å². The number of fused-ring (bicyclic) bond motifs is 5. The van der Waals surface area contributed by atoms with Gasteiger partial charge in [0.2, 0.25) is 0 Å². The van der Waals surface area contributed by atoms with E-state index in [1.165, 1.54) is 89.9 Å². The van der Waals surface area contributed by atoms with Crippen LogP contribution >= 0.6 is 45.3 Å². The van der Waals surface area contributed by atoms with Gasteiger partial charge >= 0.3 is 0 Å². The lowest BCUT2D eigenvalue weighted by Gasteiger charge is -1.99. The molecule has 30 heavy (non-hydrogen) atoms. The molecular weight excluding hydrogens is 441 g/mol. The molecule has 164 valence electrons. The van der Waals surface area contributed by atoms with Crippen molar-refractivity contribution in [1.29, 1.82) is 0 Å². The quantitative estimate of drug-likeness (QED) is 0.159. The van der Waals surface area contributed by atoms with Gasteiger partial charge < -0.3 is 0 Å². The molecule has 0 amide bonds. The normalized spacial score (nSPS) is 12.2. The zero-order valence-corrected chi connectivity index (χ0v) is 22.0. The molecule has 4 heterocycles. The van der Waals surface area contributed by atoms with Crippen LogP contribution in [0.15, 0.2) is 12.1 Å². The van der Waals surface area contributed by atoms with Crippen molar-refractivity contribution in [2.24, 2.45) is 0 Å². The van der Waals surface area contributed by atoms with Gasteiger partial charge in [0.15, 0.2) is 0 Å². The molecule has 0 atom stereocenters. The van der Waals surface area contributed by atoms with Gasteiger partial charge in [0.05, 0.1) is 17.4 Å². The minimum Gasteiger partial charge on any atom is -0.129 e. The minimum atomic E-state index is 1.28. The zero-order chi connectivity index (χ0) is 20.8. The van der Waals surface area contributed by atoms with E-state index >= 15 is 0 Å². The highest BCUT2D eigenvalue weighted by Gasteiger charge is 2.16. The van der Waals surface area contributed by atoms with E-state index < -0.39 is 0 Å². The summed E-state index contributed by atoms with van der Waals surface area (Å²) in [5.74, 6) is 0. The van der Waals surface area contributed by atoms with Gasteiger partial charge in [-0.15, -0.1) is 45.3 Å². The maximum atomic E-state index is 2.52. The molecule has 4 aromatic heterocycles. The molecule has 4 aromatic rings. The Morgan fingerprint density at radius 1 is 0.500 bits per heavy atom. The Bertz CT molecular complexity index is 957. The van der Waals surface area contributed by atoms with Crippen molar-refractivity contribution >= 4 is 73.5 Å². The van der Waals surface area contributed by atoms with Crippen LogP contribution in [0.2, 0.25) is 0 Å². The molecule has 0 saturated heterocycles. The van der Waals surface area contributed by atoms with Gasteiger partial charge in [-0.3, -0.25) is 0 Å². The smallest absolute Gasteiger partial charge is 0.0889 e. The van der Waals surface area contributed by atoms with Gasteiger partial charge in [-0.2, -0.15) is 0 Å². The molecule has 0 radical (unpaired) electrons. The van der Waals surface area contributed by atoms with Crippen LogP contribution in [-0.4, -0.2) is 0 Å². The van der Waals surface area contributed by atoms with Crippen molar-refractivity contribution in [3.63, 3.8) is 0 Å². The third-order valence-corrected chi connectivity index (χ3v) is 11.3. The first kappa shape index (κ1) is 22.8. The topological polar surface area (TPSA) is 0 Å². The largest absolute Gasteiger partial charge is 0.129 e. The summed E-state index contributed by atoms with van der Waals surface area (Å²) in [6, 6.07) is 5.03. The molecule has 0 N–H and O–H groups in total. The second-order valence-electron chi connectivity index (χ2n) is 8.73. The second-order valence-corrected chi connectivity index (χ2v) is 13.6. The monoisotopic (exact) mass is 476 g/mol. The van der Waals surface area contributed by atoms with Gasteiger partial charge in [-0.25, -0.2) is 0 Å². The van der Waals surface area contributed by atoms with Crippen LogP contribution in [0.25, 0.3) is 28.2 Å². The average Bonchev–Trinajstić information content (AvgIpc) is 3.46. The molecule has 4 rings (SSSR count). The molecule has 0 fully saturated rings. The molecule has 0 bridgehead atoms. The summed E-state index contributed by atoms with van der Waals surface area (Å²) in [6.07, 6.45) is 19.3. The molecular formula is C26H36S4. The lowest BCUT2D eigenvalue weighted by atomic mass is 10.1. The summed E-state index contributed by atoms with van der Waals surface area (Å²) >= 11 is 8.24. The molecule has 4 heteroatoms. The summed E-state index contributed by atoms with van der Waals surface area (Å²) in [6.45, 7) is 4.59. The van der Waals surface area contributed by atoms with E-state index in [0.29, 0.717) is 0 Å². The summed E-state index contributed by atoms with van der Waals surface area (Å²) in [5, 5.41) is 3.10. The summed E-state index contributed by atoms with van der Waals surface area (Å²) in [7, 11) is 0. The molecule has 0 aliphatic heterocycles. The highest BCUT2D eigenvalue weighted by atomic mass is 32.2. The summed E-state index contributed by atoms with van der Waals surface area (Å²) < 4.78 is 6.24. The Kier molecular flexibility index (Phi) is 8.69. The third-order valence-electron chi connectivity index (χ3n) is 6.14. The fraction of sp³-hybridized carbons (Fsp3) is 0.615. The van der Waals surface area contributed by atoms with Crippen molar-refractivity contribution < 1.29 is 0 Å². The average molecular weight is 477 g/mol. The van der Waals surface area contributed by atoms with Gasteiger partial charge in [0.1, 0.15) is 0 Å². The van der Waals surface area contributed by atoms with E-state index in [-0.39, 0.29) is 0 Å². The predicted molar refractivity (Wildman–Crippen MR) is 145 cm³/mol. The molecule has 0 saturated carbocycles. The van der Waals surface area contributed by atoms with Crippen LogP contribution in [0.1, 0.15) is 101 Å². The SMILES string of the molecule is CCCCCCCCc1cc2c(s1)sc1c3cc(CCCCCCCC)sc3sc21.